The molecule has 1 fully saturated rings. The monoisotopic (exact) mass is 510 g/mol. The maximum absolute atomic E-state index is 12.6. The molecule has 2 heterocycles. The number of aliphatic hydroxyl groups is 2. The summed E-state index contributed by atoms with van der Waals surface area (Å²) in [6.07, 6.45) is 2.02. The van der Waals surface area contributed by atoms with Crippen molar-refractivity contribution >= 4 is 15.9 Å². The molecule has 1 aliphatic carbocycles. The normalized spacial score (nSPS) is 29.9. The number of fused-ring (bicyclic) bond motifs is 3. The van der Waals surface area contributed by atoms with Crippen LogP contribution < -0.4 is 14.8 Å². The average Bonchev–Trinajstić information content (AvgIpc) is 3.21. The van der Waals surface area contributed by atoms with Gasteiger partial charge in [0.1, 0.15) is 11.5 Å². The summed E-state index contributed by atoms with van der Waals surface area (Å²) in [5.41, 5.74) is -0.843. The third kappa shape index (κ3) is 3.06. The Bertz CT molecular complexity index is 1140. The summed E-state index contributed by atoms with van der Waals surface area (Å²) in [5.74, 6) is 0.133. The van der Waals surface area contributed by atoms with Gasteiger partial charge in [-0.3, -0.25) is 4.98 Å². The van der Waals surface area contributed by atoms with Gasteiger partial charge in [0.05, 0.1) is 31.2 Å². The van der Waals surface area contributed by atoms with E-state index in [1.807, 2.05) is 61.5 Å². The number of halogens is 1. The first-order chi connectivity index (χ1) is 16.0. The Morgan fingerprint density at radius 3 is 2.52 bits per heavy atom. The van der Waals surface area contributed by atoms with E-state index in [9.17, 15) is 10.2 Å². The number of nitrogens with one attached hydrogen (secondary N) is 1. The largest absolute Gasteiger partial charge is 0.495 e. The van der Waals surface area contributed by atoms with Crippen molar-refractivity contribution in [3.63, 3.8) is 0 Å². The molecule has 0 bridgehead atoms. The summed E-state index contributed by atoms with van der Waals surface area (Å²) in [6, 6.07) is 17.7. The number of methoxy groups -OCH3 is 1. The molecule has 0 saturated heterocycles. The lowest BCUT2D eigenvalue weighted by Crippen LogP contribution is -2.52. The molecule has 1 unspecified atom stereocenters. The smallest absolute Gasteiger partial charge is 0.177 e. The van der Waals surface area contributed by atoms with E-state index in [1.54, 1.807) is 12.4 Å². The lowest BCUT2D eigenvalue weighted by Gasteiger charge is -2.41. The molecule has 1 saturated carbocycles. The van der Waals surface area contributed by atoms with Crippen LogP contribution in [0, 0.1) is 5.92 Å². The third-order valence-electron chi connectivity index (χ3n) is 7.08. The second-order valence-electron chi connectivity index (χ2n) is 8.63. The number of nitrogens with zero attached hydrogens (tertiary/aromatic N) is 1. The molecule has 1 aliphatic heterocycles. The highest BCUT2D eigenvalue weighted by molar-refractivity contribution is 9.10. The molecule has 3 aromatic rings. The summed E-state index contributed by atoms with van der Waals surface area (Å²) in [7, 11) is 1.53. The second kappa shape index (κ2) is 8.40. The van der Waals surface area contributed by atoms with E-state index in [1.165, 1.54) is 7.11 Å². The van der Waals surface area contributed by atoms with Crippen LogP contribution in [0.25, 0.3) is 0 Å². The topological polar surface area (TPSA) is 83.8 Å². The molecule has 172 valence electrons. The lowest BCUT2D eigenvalue weighted by atomic mass is 9.70. The van der Waals surface area contributed by atoms with Crippen molar-refractivity contribution < 1.29 is 19.7 Å². The number of benzene rings is 2. The van der Waals surface area contributed by atoms with Crippen LogP contribution in [0.4, 0.5) is 0 Å². The van der Waals surface area contributed by atoms with Crippen LogP contribution in [0.15, 0.2) is 71.5 Å². The first-order valence-corrected chi connectivity index (χ1v) is 11.9. The minimum absolute atomic E-state index is 0.327. The quantitative estimate of drug-likeness (QED) is 0.468. The summed E-state index contributed by atoms with van der Waals surface area (Å²) < 4.78 is 13.3. The molecule has 7 heteroatoms. The molecule has 0 radical (unpaired) electrons. The Kier molecular flexibility index (Phi) is 5.69. The van der Waals surface area contributed by atoms with Gasteiger partial charge in [0.15, 0.2) is 11.2 Å². The van der Waals surface area contributed by atoms with E-state index in [-0.39, 0.29) is 11.8 Å². The fourth-order valence-corrected chi connectivity index (χ4v) is 6.03. The van der Waals surface area contributed by atoms with E-state index >= 15 is 0 Å². The van der Waals surface area contributed by atoms with Gasteiger partial charge in [0.2, 0.25) is 0 Å². The van der Waals surface area contributed by atoms with E-state index < -0.39 is 17.3 Å². The van der Waals surface area contributed by atoms with E-state index in [4.69, 9.17) is 9.47 Å². The number of ether oxygens (including phenoxy) is 2. The van der Waals surface area contributed by atoms with Gasteiger partial charge in [0.25, 0.3) is 0 Å². The van der Waals surface area contributed by atoms with Crippen LogP contribution in [0.2, 0.25) is 0 Å². The van der Waals surface area contributed by atoms with Gasteiger partial charge >= 0.3 is 0 Å². The molecule has 1 aromatic heterocycles. The zero-order valence-electron chi connectivity index (χ0n) is 18.5. The molecule has 2 aromatic carbocycles. The van der Waals surface area contributed by atoms with Crippen LogP contribution in [0.5, 0.6) is 11.5 Å². The number of rotatable bonds is 6. The minimum atomic E-state index is -1.76. The molecule has 5 rings (SSSR count). The lowest BCUT2D eigenvalue weighted by molar-refractivity contribution is -0.152. The summed E-state index contributed by atoms with van der Waals surface area (Å²) in [4.78, 5) is 4.25. The van der Waals surface area contributed by atoms with Crippen molar-refractivity contribution in [2.45, 2.75) is 30.1 Å². The van der Waals surface area contributed by atoms with Crippen molar-refractivity contribution in [3.05, 3.63) is 88.2 Å². The van der Waals surface area contributed by atoms with Crippen molar-refractivity contribution in [1.29, 1.82) is 0 Å². The van der Waals surface area contributed by atoms with Crippen molar-refractivity contribution in [2.75, 3.05) is 20.2 Å². The van der Waals surface area contributed by atoms with Crippen LogP contribution in [0.3, 0.4) is 0 Å². The number of pyridine rings is 1. The maximum atomic E-state index is 12.6. The number of aromatic nitrogens is 1. The van der Waals surface area contributed by atoms with Gasteiger partial charge in [-0.25, -0.2) is 0 Å². The Balaban J connectivity index is 1.83. The van der Waals surface area contributed by atoms with Gasteiger partial charge < -0.3 is 25.0 Å². The summed E-state index contributed by atoms with van der Waals surface area (Å²) >= 11 is 3.51. The van der Waals surface area contributed by atoms with Gasteiger partial charge in [-0.05, 0) is 29.8 Å². The Morgan fingerprint density at radius 2 is 1.85 bits per heavy atom. The van der Waals surface area contributed by atoms with Crippen LogP contribution >= 0.6 is 15.9 Å². The molecular formula is C26H27BrN2O4. The van der Waals surface area contributed by atoms with Crippen molar-refractivity contribution in [1.82, 2.24) is 10.3 Å². The van der Waals surface area contributed by atoms with Gasteiger partial charge in [-0.2, -0.15) is 0 Å². The van der Waals surface area contributed by atoms with Crippen LogP contribution in [-0.4, -0.2) is 41.5 Å². The number of aliphatic hydroxyl groups excluding tert-OH is 1. The number of hydrogen-bond donors (Lipinski definition) is 3. The molecule has 0 amide bonds. The molecule has 2 aliphatic rings. The molecule has 6 nitrogen and oxygen atoms in total. The zero-order valence-corrected chi connectivity index (χ0v) is 20.1. The SMILES string of the molecule is CCNCC1[C@@H](O)[C@@]2(O)c3c(OC)cncc3O[C@@]2(c2ccc(Br)cc2)[C@@H]1c1ccccc1. The fourth-order valence-electron chi connectivity index (χ4n) is 5.77. The third-order valence-corrected chi connectivity index (χ3v) is 7.60. The highest BCUT2D eigenvalue weighted by Crippen LogP contribution is 2.69. The van der Waals surface area contributed by atoms with E-state index in [2.05, 4.69) is 26.2 Å². The summed E-state index contributed by atoms with van der Waals surface area (Å²) in [6.45, 7) is 3.29. The average molecular weight is 511 g/mol. The summed E-state index contributed by atoms with van der Waals surface area (Å²) in [5, 5.41) is 27.9. The van der Waals surface area contributed by atoms with Gasteiger partial charge in [-0.1, -0.05) is 65.3 Å². The van der Waals surface area contributed by atoms with E-state index in [0.29, 0.717) is 23.6 Å². The molecule has 33 heavy (non-hydrogen) atoms. The fraction of sp³-hybridized carbons (Fsp3) is 0.346. The van der Waals surface area contributed by atoms with Crippen molar-refractivity contribution in [3.8, 4) is 11.5 Å². The molecular weight excluding hydrogens is 484 g/mol. The minimum Gasteiger partial charge on any atom is -0.495 e. The first kappa shape index (κ1) is 22.3. The van der Waals surface area contributed by atoms with Crippen molar-refractivity contribution in [2.24, 2.45) is 5.92 Å². The second-order valence-corrected chi connectivity index (χ2v) is 9.55. The molecule has 3 N–H and O–H groups in total. The number of hydrogen-bond acceptors (Lipinski definition) is 6. The Hall–Kier alpha value is -2.45. The first-order valence-electron chi connectivity index (χ1n) is 11.1. The highest BCUT2D eigenvalue weighted by atomic mass is 79.9. The van der Waals surface area contributed by atoms with Crippen LogP contribution in [-0.2, 0) is 11.2 Å². The standard InChI is InChI=1S/C26H27BrN2O4/c1-3-28-13-19-22(16-7-5-4-6-8-16)26(17-9-11-18(27)12-10-17)25(31,24(19)30)23-20(32-2)14-29-15-21(23)33-26/h4-12,14-15,19,22,24,28,30-31H,3,13H2,1-2H3/t19?,22-,24-,25+,26+/m1/s1. The Morgan fingerprint density at radius 1 is 1.12 bits per heavy atom. The molecule has 5 atom stereocenters. The predicted molar refractivity (Wildman–Crippen MR) is 128 cm³/mol. The highest BCUT2D eigenvalue weighted by Gasteiger charge is 2.76. The predicted octanol–water partition coefficient (Wildman–Crippen LogP) is 3.71. The van der Waals surface area contributed by atoms with Gasteiger partial charge in [-0.15, -0.1) is 0 Å². The van der Waals surface area contributed by atoms with Crippen LogP contribution in [0.1, 0.15) is 29.5 Å². The maximum Gasteiger partial charge on any atom is 0.177 e. The Labute approximate surface area is 201 Å². The van der Waals surface area contributed by atoms with Gasteiger partial charge in [0, 0.05) is 22.9 Å². The van der Waals surface area contributed by atoms with E-state index in [0.717, 1.165) is 22.1 Å². The molecule has 0 spiro atoms. The zero-order chi connectivity index (χ0) is 23.2.